The van der Waals surface area contributed by atoms with Crippen LogP contribution in [-0.2, 0) is 7.05 Å². The average Bonchev–Trinajstić information content (AvgIpc) is 2.63. The predicted octanol–water partition coefficient (Wildman–Crippen LogP) is 3.12. The minimum Gasteiger partial charge on any atom is -0.435 e. The zero-order valence-electron chi connectivity index (χ0n) is 14.2. The molecular weight excluding hydrogens is 366 g/mol. The average molecular weight is 385 g/mol. The van der Waals surface area contributed by atoms with Crippen molar-refractivity contribution in [3.63, 3.8) is 0 Å². The number of benzene rings is 1. The van der Waals surface area contributed by atoms with Gasteiger partial charge in [-0.05, 0) is 37.1 Å². The first-order valence-electron chi connectivity index (χ1n) is 8.22. The number of aryl methyl sites for hydroxylation is 1. The largest absolute Gasteiger partial charge is 0.435 e. The maximum Gasteiger partial charge on any atom is 0.387 e. The Morgan fingerprint density at radius 2 is 2.08 bits per heavy atom. The van der Waals surface area contributed by atoms with Crippen LogP contribution in [0.2, 0.25) is 5.02 Å². The van der Waals surface area contributed by atoms with Gasteiger partial charge in [0.05, 0.1) is 11.9 Å². The molecule has 1 aliphatic heterocycles. The molecule has 0 amide bonds. The predicted molar refractivity (Wildman–Crippen MR) is 96.4 cm³/mol. The van der Waals surface area contributed by atoms with Gasteiger partial charge in [0, 0.05) is 31.9 Å². The number of aromatic nitrogens is 2. The molecule has 26 heavy (non-hydrogen) atoms. The molecule has 0 radical (unpaired) electrons. The zero-order chi connectivity index (χ0) is 18.7. The van der Waals surface area contributed by atoms with Crippen molar-refractivity contribution in [3.8, 4) is 5.75 Å². The fourth-order valence-electron chi connectivity index (χ4n) is 3.00. The molecule has 1 aromatic carbocycles. The molecule has 140 valence electrons. The first-order chi connectivity index (χ1) is 12.4. The molecule has 1 N–H and O–H groups in total. The quantitative estimate of drug-likeness (QED) is 0.858. The zero-order valence-corrected chi connectivity index (χ0v) is 14.9. The van der Waals surface area contributed by atoms with Crippen molar-refractivity contribution in [1.29, 1.82) is 0 Å². The number of piperidine rings is 1. The van der Waals surface area contributed by atoms with Gasteiger partial charge in [0.2, 0.25) is 0 Å². The molecule has 0 spiro atoms. The molecule has 2 aromatic rings. The highest BCUT2D eigenvalue weighted by Crippen LogP contribution is 2.26. The Kier molecular flexibility index (Phi) is 5.61. The number of hydrogen-bond donors (Lipinski definition) is 1. The third kappa shape index (κ3) is 4.24. The van der Waals surface area contributed by atoms with Crippen molar-refractivity contribution < 1.29 is 13.5 Å². The van der Waals surface area contributed by atoms with Crippen LogP contribution >= 0.6 is 11.6 Å². The fraction of sp³-hybridized carbons (Fsp3) is 0.412. The second-order valence-electron chi connectivity index (χ2n) is 6.10. The lowest BCUT2D eigenvalue weighted by atomic mass is 10.0. The van der Waals surface area contributed by atoms with Crippen LogP contribution in [0.15, 0.2) is 35.3 Å². The maximum absolute atomic E-state index is 12.2. The summed E-state index contributed by atoms with van der Waals surface area (Å²) in [5.74, 6) is 0.133. The summed E-state index contributed by atoms with van der Waals surface area (Å²) in [5.41, 5.74) is 1.09. The molecule has 1 unspecified atom stereocenters. The second kappa shape index (κ2) is 7.90. The van der Waals surface area contributed by atoms with E-state index in [4.69, 9.17) is 11.6 Å². The maximum atomic E-state index is 12.2. The molecule has 9 heteroatoms. The van der Waals surface area contributed by atoms with E-state index in [1.54, 1.807) is 25.4 Å². The molecule has 0 bridgehead atoms. The minimum atomic E-state index is -2.83. The standard InChI is InChI=1S/C17H19ClF2N4O2/c1-23-16(25)15(18)14(9-21-23)22-11-3-2-8-24(10-11)12-4-6-13(7-5-12)26-17(19)20/h4-7,9,11,17,22H,2-3,8,10H2,1H3. The first kappa shape index (κ1) is 18.4. The van der Waals surface area contributed by atoms with Crippen molar-refractivity contribution >= 4 is 23.0 Å². The van der Waals surface area contributed by atoms with Crippen LogP contribution in [0.25, 0.3) is 0 Å². The lowest BCUT2D eigenvalue weighted by Crippen LogP contribution is -2.42. The van der Waals surface area contributed by atoms with Gasteiger partial charge in [-0.3, -0.25) is 4.79 Å². The molecule has 1 fully saturated rings. The number of hydrogen-bond acceptors (Lipinski definition) is 5. The van der Waals surface area contributed by atoms with Gasteiger partial charge in [-0.15, -0.1) is 0 Å². The van der Waals surface area contributed by atoms with E-state index >= 15 is 0 Å². The number of halogens is 3. The monoisotopic (exact) mass is 384 g/mol. The number of nitrogens with zero attached hydrogens (tertiary/aromatic N) is 3. The van der Waals surface area contributed by atoms with Gasteiger partial charge >= 0.3 is 6.61 Å². The Labute approximate surface area is 154 Å². The summed E-state index contributed by atoms with van der Waals surface area (Å²) in [4.78, 5) is 14.0. The molecule has 3 rings (SSSR count). The van der Waals surface area contributed by atoms with Gasteiger partial charge < -0.3 is 15.0 Å². The highest BCUT2D eigenvalue weighted by Gasteiger charge is 2.21. The number of anilines is 2. The third-order valence-electron chi connectivity index (χ3n) is 4.29. The smallest absolute Gasteiger partial charge is 0.387 e. The molecule has 1 aliphatic rings. The normalized spacial score (nSPS) is 17.4. The van der Waals surface area contributed by atoms with E-state index < -0.39 is 6.61 Å². The Morgan fingerprint density at radius 1 is 1.35 bits per heavy atom. The first-order valence-corrected chi connectivity index (χ1v) is 8.60. The Hall–Kier alpha value is -2.35. The number of nitrogens with one attached hydrogen (secondary N) is 1. The topological polar surface area (TPSA) is 59.4 Å². The van der Waals surface area contributed by atoms with Crippen molar-refractivity contribution in [2.45, 2.75) is 25.5 Å². The van der Waals surface area contributed by atoms with Crippen LogP contribution in [0.1, 0.15) is 12.8 Å². The molecule has 0 aliphatic carbocycles. The van der Waals surface area contributed by atoms with Gasteiger partial charge in [0.1, 0.15) is 10.8 Å². The summed E-state index contributed by atoms with van der Waals surface area (Å²) in [6.45, 7) is -1.28. The third-order valence-corrected chi connectivity index (χ3v) is 4.65. The highest BCUT2D eigenvalue weighted by atomic mass is 35.5. The van der Waals surface area contributed by atoms with E-state index in [0.29, 0.717) is 12.2 Å². The summed E-state index contributed by atoms with van der Waals surface area (Å²) in [6.07, 6.45) is 3.41. The van der Waals surface area contributed by atoms with Gasteiger partial charge in [-0.25, -0.2) is 4.68 Å². The summed E-state index contributed by atoms with van der Waals surface area (Å²) >= 11 is 6.11. The van der Waals surface area contributed by atoms with Crippen molar-refractivity contribution in [2.75, 3.05) is 23.3 Å². The number of ether oxygens (including phenoxy) is 1. The molecule has 2 heterocycles. The van der Waals surface area contributed by atoms with E-state index in [-0.39, 0.29) is 22.4 Å². The summed E-state index contributed by atoms with van der Waals surface area (Å²) in [6, 6.07) is 6.66. The summed E-state index contributed by atoms with van der Waals surface area (Å²) in [5, 5.41) is 7.38. The Balaban J connectivity index is 1.68. The van der Waals surface area contributed by atoms with E-state index in [0.717, 1.165) is 25.1 Å². The minimum absolute atomic E-state index is 0.0900. The van der Waals surface area contributed by atoms with Crippen molar-refractivity contribution in [2.24, 2.45) is 7.05 Å². The summed E-state index contributed by atoms with van der Waals surface area (Å²) < 4.78 is 30.0. The lowest BCUT2D eigenvalue weighted by molar-refractivity contribution is -0.0498. The molecule has 1 aromatic heterocycles. The van der Waals surface area contributed by atoms with Crippen LogP contribution in [0, 0.1) is 0 Å². The molecule has 1 atom stereocenters. The van der Waals surface area contributed by atoms with Crippen LogP contribution in [0.3, 0.4) is 0 Å². The molecule has 1 saturated heterocycles. The van der Waals surface area contributed by atoms with Gasteiger partial charge in [-0.2, -0.15) is 13.9 Å². The Morgan fingerprint density at radius 3 is 2.77 bits per heavy atom. The number of alkyl halides is 2. The molecular formula is C17H19ClF2N4O2. The molecule has 6 nitrogen and oxygen atoms in total. The van der Waals surface area contributed by atoms with E-state index in [1.165, 1.54) is 16.8 Å². The second-order valence-corrected chi connectivity index (χ2v) is 6.48. The van der Waals surface area contributed by atoms with Gasteiger partial charge in [0.15, 0.2) is 0 Å². The van der Waals surface area contributed by atoms with Gasteiger partial charge in [0.25, 0.3) is 5.56 Å². The van der Waals surface area contributed by atoms with Crippen LogP contribution in [0.5, 0.6) is 5.75 Å². The van der Waals surface area contributed by atoms with Crippen LogP contribution < -0.4 is 20.5 Å². The SMILES string of the molecule is Cn1ncc(NC2CCCN(c3ccc(OC(F)F)cc3)C2)c(Cl)c1=O. The van der Waals surface area contributed by atoms with E-state index in [2.05, 4.69) is 20.1 Å². The van der Waals surface area contributed by atoms with Crippen LogP contribution in [0.4, 0.5) is 20.2 Å². The Bertz CT molecular complexity index is 813. The van der Waals surface area contributed by atoms with Crippen molar-refractivity contribution in [1.82, 2.24) is 9.78 Å². The van der Waals surface area contributed by atoms with Crippen molar-refractivity contribution in [3.05, 3.63) is 45.8 Å². The lowest BCUT2D eigenvalue weighted by Gasteiger charge is -2.35. The summed E-state index contributed by atoms with van der Waals surface area (Å²) in [7, 11) is 1.54. The highest BCUT2D eigenvalue weighted by molar-refractivity contribution is 6.32. The van der Waals surface area contributed by atoms with Crippen LogP contribution in [-0.4, -0.2) is 35.5 Å². The van der Waals surface area contributed by atoms with Gasteiger partial charge in [-0.1, -0.05) is 11.6 Å². The fourth-order valence-corrected chi connectivity index (χ4v) is 3.22. The van der Waals surface area contributed by atoms with E-state index in [9.17, 15) is 13.6 Å². The van der Waals surface area contributed by atoms with E-state index in [1.807, 2.05) is 0 Å². The number of rotatable bonds is 5. The molecule has 0 saturated carbocycles.